The topological polar surface area (TPSA) is 78.0 Å². The number of ether oxygens (including phenoxy) is 1. The van der Waals surface area contributed by atoms with Crippen molar-refractivity contribution >= 4 is 35.8 Å². The van der Waals surface area contributed by atoms with Gasteiger partial charge in [0, 0.05) is 31.8 Å². The monoisotopic (exact) mass is 571 g/mol. The van der Waals surface area contributed by atoms with Gasteiger partial charge in [0.1, 0.15) is 0 Å². The highest BCUT2D eigenvalue weighted by Gasteiger charge is 2.17. The summed E-state index contributed by atoms with van der Waals surface area (Å²) in [5.41, 5.74) is 1.69. The minimum absolute atomic E-state index is 0. The number of carbonyl (C=O) groups excluding carboxylic acids is 1. The molecule has 0 aromatic heterocycles. The first-order valence-electron chi connectivity index (χ1n) is 12.4. The molecule has 0 aliphatic carbocycles. The first-order valence-corrected chi connectivity index (χ1v) is 12.4. The minimum atomic E-state index is -0.0523. The molecule has 2 saturated heterocycles. The van der Waals surface area contributed by atoms with Gasteiger partial charge in [-0.25, -0.2) is 4.99 Å². The number of carbonyl (C=O) groups is 1. The number of rotatable bonds is 10. The van der Waals surface area contributed by atoms with E-state index >= 15 is 0 Å². The van der Waals surface area contributed by atoms with Gasteiger partial charge in [-0.15, -0.1) is 24.0 Å². The fourth-order valence-electron chi connectivity index (χ4n) is 4.23. The zero-order valence-corrected chi connectivity index (χ0v) is 22.6. The molecule has 3 rings (SSSR count). The normalized spacial score (nSPS) is 19.7. The third-order valence-corrected chi connectivity index (χ3v) is 6.29. The highest BCUT2D eigenvalue weighted by molar-refractivity contribution is 14.0. The number of nitrogens with one attached hydrogen (secondary N) is 3. The van der Waals surface area contributed by atoms with Gasteiger partial charge < -0.3 is 25.6 Å². The molecule has 2 aliphatic heterocycles. The molecule has 3 N–H and O–H groups in total. The first-order chi connectivity index (χ1) is 15.6. The SMILES string of the molecule is CCNC(=NCc1cccc(C(=O)NCC2CCCO2)c1)NCCCN1CCC(C)CC1.I. The molecule has 2 fully saturated rings. The molecule has 2 heterocycles. The Kier molecular flexibility index (Phi) is 13.1. The maximum Gasteiger partial charge on any atom is 0.251 e. The lowest BCUT2D eigenvalue weighted by molar-refractivity contribution is 0.0857. The second-order valence-electron chi connectivity index (χ2n) is 9.05. The van der Waals surface area contributed by atoms with Crippen molar-refractivity contribution in [3.05, 3.63) is 35.4 Å². The number of benzene rings is 1. The van der Waals surface area contributed by atoms with Crippen molar-refractivity contribution in [2.24, 2.45) is 10.9 Å². The van der Waals surface area contributed by atoms with Crippen LogP contribution in [0.3, 0.4) is 0 Å². The van der Waals surface area contributed by atoms with Gasteiger partial charge in [-0.1, -0.05) is 19.1 Å². The summed E-state index contributed by atoms with van der Waals surface area (Å²) >= 11 is 0. The summed E-state index contributed by atoms with van der Waals surface area (Å²) in [6.07, 6.45) is 6.00. The van der Waals surface area contributed by atoms with E-state index < -0.39 is 0 Å². The Bertz CT molecular complexity index is 731. The zero-order valence-electron chi connectivity index (χ0n) is 20.3. The molecular formula is C25H42IN5O2. The number of hydrogen-bond donors (Lipinski definition) is 3. The Morgan fingerprint density at radius 1 is 1.18 bits per heavy atom. The van der Waals surface area contributed by atoms with Crippen molar-refractivity contribution in [1.29, 1.82) is 0 Å². The Labute approximate surface area is 216 Å². The molecule has 0 bridgehead atoms. The van der Waals surface area contributed by atoms with Crippen LogP contribution in [0.25, 0.3) is 0 Å². The molecule has 33 heavy (non-hydrogen) atoms. The fraction of sp³-hybridized carbons (Fsp3) is 0.680. The van der Waals surface area contributed by atoms with Crippen LogP contribution in [0.4, 0.5) is 0 Å². The largest absolute Gasteiger partial charge is 0.376 e. The van der Waals surface area contributed by atoms with Gasteiger partial charge in [-0.3, -0.25) is 4.79 Å². The van der Waals surface area contributed by atoms with E-state index in [1.807, 2.05) is 24.3 Å². The Balaban J connectivity index is 0.00000385. The van der Waals surface area contributed by atoms with E-state index in [1.54, 1.807) is 0 Å². The molecule has 7 nitrogen and oxygen atoms in total. The van der Waals surface area contributed by atoms with Crippen LogP contribution >= 0.6 is 24.0 Å². The molecule has 1 aromatic rings. The van der Waals surface area contributed by atoms with Gasteiger partial charge in [0.15, 0.2) is 5.96 Å². The third-order valence-electron chi connectivity index (χ3n) is 6.29. The number of nitrogens with zero attached hydrogens (tertiary/aromatic N) is 2. The molecule has 1 atom stereocenters. The summed E-state index contributed by atoms with van der Waals surface area (Å²) in [5.74, 6) is 1.65. The van der Waals surface area contributed by atoms with E-state index in [-0.39, 0.29) is 36.0 Å². The lowest BCUT2D eigenvalue weighted by Gasteiger charge is -2.30. The zero-order chi connectivity index (χ0) is 22.6. The number of likely N-dealkylation sites (tertiary alicyclic amines) is 1. The summed E-state index contributed by atoms with van der Waals surface area (Å²) < 4.78 is 5.58. The number of guanidine groups is 1. The quantitative estimate of drug-likeness (QED) is 0.174. The van der Waals surface area contributed by atoms with E-state index in [1.165, 1.54) is 25.9 Å². The molecule has 1 aromatic carbocycles. The fourth-order valence-corrected chi connectivity index (χ4v) is 4.23. The van der Waals surface area contributed by atoms with Crippen molar-refractivity contribution in [3.63, 3.8) is 0 Å². The molecule has 1 amide bonds. The second-order valence-corrected chi connectivity index (χ2v) is 9.05. The predicted octanol–water partition coefficient (Wildman–Crippen LogP) is 3.39. The van der Waals surface area contributed by atoms with Crippen molar-refractivity contribution < 1.29 is 9.53 Å². The summed E-state index contributed by atoms with van der Waals surface area (Å²) in [5, 5.41) is 9.75. The summed E-state index contributed by atoms with van der Waals surface area (Å²) in [7, 11) is 0. The van der Waals surface area contributed by atoms with E-state index in [4.69, 9.17) is 9.73 Å². The van der Waals surface area contributed by atoms with Crippen molar-refractivity contribution in [2.45, 2.75) is 58.6 Å². The van der Waals surface area contributed by atoms with Crippen LogP contribution in [0, 0.1) is 5.92 Å². The standard InChI is InChI=1S/C25H41N5O2.HI/c1-3-26-25(27-12-6-13-30-14-10-20(2)11-15-30)29-18-21-7-4-8-22(17-21)24(31)28-19-23-9-5-16-32-23;/h4,7-8,17,20,23H,3,5-6,9-16,18-19H2,1-2H3,(H,28,31)(H2,26,27,29);1H. The van der Waals surface area contributed by atoms with Gasteiger partial charge >= 0.3 is 0 Å². The number of halogens is 1. The summed E-state index contributed by atoms with van der Waals surface area (Å²) in [6, 6.07) is 7.71. The van der Waals surface area contributed by atoms with Crippen LogP contribution in [-0.4, -0.2) is 68.7 Å². The van der Waals surface area contributed by atoms with Crippen molar-refractivity contribution in [1.82, 2.24) is 20.9 Å². The Hall–Kier alpha value is -1.39. The number of amides is 1. The smallest absolute Gasteiger partial charge is 0.251 e. The van der Waals surface area contributed by atoms with Crippen LogP contribution in [0.2, 0.25) is 0 Å². The second kappa shape index (κ2) is 15.5. The average molecular weight is 572 g/mol. The molecule has 8 heteroatoms. The third kappa shape index (κ3) is 10.2. The van der Waals surface area contributed by atoms with Crippen LogP contribution in [0.1, 0.15) is 61.9 Å². The minimum Gasteiger partial charge on any atom is -0.376 e. The molecule has 0 saturated carbocycles. The summed E-state index contributed by atoms with van der Waals surface area (Å²) in [6.45, 7) is 11.7. The summed E-state index contributed by atoms with van der Waals surface area (Å²) in [4.78, 5) is 19.8. The molecule has 0 radical (unpaired) electrons. The number of aliphatic imine (C=N–C) groups is 1. The first kappa shape index (κ1) is 27.9. The van der Waals surface area contributed by atoms with Gasteiger partial charge in [0.25, 0.3) is 5.91 Å². The molecule has 186 valence electrons. The molecule has 1 unspecified atom stereocenters. The Morgan fingerprint density at radius 2 is 2.00 bits per heavy atom. The average Bonchev–Trinajstić information content (AvgIpc) is 3.33. The van der Waals surface area contributed by atoms with Crippen LogP contribution in [0.5, 0.6) is 0 Å². The lowest BCUT2D eigenvalue weighted by atomic mass is 9.99. The van der Waals surface area contributed by atoms with Crippen molar-refractivity contribution in [3.8, 4) is 0 Å². The molecule has 0 spiro atoms. The highest BCUT2D eigenvalue weighted by Crippen LogP contribution is 2.15. The Morgan fingerprint density at radius 3 is 2.73 bits per heavy atom. The van der Waals surface area contributed by atoms with Crippen LogP contribution < -0.4 is 16.0 Å². The van der Waals surface area contributed by atoms with Gasteiger partial charge in [-0.2, -0.15) is 0 Å². The van der Waals surface area contributed by atoms with E-state index in [0.29, 0.717) is 18.7 Å². The number of piperidine rings is 1. The van der Waals surface area contributed by atoms with Gasteiger partial charge in [0.2, 0.25) is 0 Å². The molecular weight excluding hydrogens is 529 g/mol. The number of hydrogen-bond acceptors (Lipinski definition) is 4. The van der Waals surface area contributed by atoms with Crippen molar-refractivity contribution in [2.75, 3.05) is 45.9 Å². The van der Waals surface area contributed by atoms with E-state index in [9.17, 15) is 4.79 Å². The lowest BCUT2D eigenvalue weighted by Crippen LogP contribution is -2.39. The maximum atomic E-state index is 12.5. The van der Waals surface area contributed by atoms with Crippen LogP contribution in [0.15, 0.2) is 29.3 Å². The highest BCUT2D eigenvalue weighted by atomic mass is 127. The molecule has 2 aliphatic rings. The van der Waals surface area contributed by atoms with E-state index in [2.05, 4.69) is 34.7 Å². The van der Waals surface area contributed by atoms with Crippen LogP contribution in [-0.2, 0) is 11.3 Å². The van der Waals surface area contributed by atoms with Gasteiger partial charge in [-0.05, 0) is 82.3 Å². The van der Waals surface area contributed by atoms with Gasteiger partial charge in [0.05, 0.1) is 12.6 Å². The predicted molar refractivity (Wildman–Crippen MR) is 145 cm³/mol. The maximum absolute atomic E-state index is 12.5. The van der Waals surface area contributed by atoms with E-state index in [0.717, 1.165) is 62.9 Å².